The van der Waals surface area contributed by atoms with E-state index in [0.29, 0.717) is 11.6 Å². The second-order valence-electron chi connectivity index (χ2n) is 6.75. The van der Waals surface area contributed by atoms with Crippen LogP contribution in [0.2, 0.25) is 0 Å². The molecule has 1 N–H and O–H groups in total. The van der Waals surface area contributed by atoms with Crippen molar-refractivity contribution in [1.82, 2.24) is 5.32 Å². The van der Waals surface area contributed by atoms with E-state index in [2.05, 4.69) is 65.1 Å². The first-order valence-electron chi connectivity index (χ1n) is 7.80. The molecule has 0 amide bonds. The van der Waals surface area contributed by atoms with Crippen molar-refractivity contribution < 1.29 is 0 Å². The molecule has 1 aromatic rings. The van der Waals surface area contributed by atoms with Gasteiger partial charge < -0.3 is 10.2 Å². The lowest BCUT2D eigenvalue weighted by Gasteiger charge is -2.48. The molecule has 3 heteroatoms. The minimum atomic E-state index is 0.294. The van der Waals surface area contributed by atoms with Gasteiger partial charge in [-0.25, -0.2) is 0 Å². The predicted molar refractivity (Wildman–Crippen MR) is 89.4 cm³/mol. The molecule has 0 radical (unpaired) electrons. The molecule has 1 saturated heterocycles. The van der Waals surface area contributed by atoms with E-state index < -0.39 is 0 Å². The summed E-state index contributed by atoms with van der Waals surface area (Å²) >= 11 is 3.65. The monoisotopic (exact) mass is 336 g/mol. The molecule has 0 aromatic heterocycles. The number of aryl methyl sites for hydroxylation is 1. The minimum absolute atomic E-state index is 0.294. The smallest absolute Gasteiger partial charge is 0.0412 e. The predicted octanol–water partition coefficient (Wildman–Crippen LogP) is 4.11. The van der Waals surface area contributed by atoms with Gasteiger partial charge in [-0.15, -0.1) is 0 Å². The van der Waals surface area contributed by atoms with Crippen LogP contribution in [0.5, 0.6) is 0 Å². The van der Waals surface area contributed by atoms with E-state index in [1.54, 1.807) is 0 Å². The number of hydrogen-bond donors (Lipinski definition) is 1. The van der Waals surface area contributed by atoms with Crippen LogP contribution >= 0.6 is 15.9 Å². The summed E-state index contributed by atoms with van der Waals surface area (Å²) in [6, 6.07) is 7.39. The summed E-state index contributed by atoms with van der Waals surface area (Å²) in [5.41, 5.74) is 3.00. The van der Waals surface area contributed by atoms with Gasteiger partial charge in [0, 0.05) is 34.8 Å². The van der Waals surface area contributed by atoms with Gasteiger partial charge in [0.2, 0.25) is 0 Å². The molecular formula is C17H25BrN2. The van der Waals surface area contributed by atoms with E-state index in [-0.39, 0.29) is 0 Å². The van der Waals surface area contributed by atoms with Crippen LogP contribution in [0.4, 0.5) is 5.69 Å². The van der Waals surface area contributed by atoms with Crippen molar-refractivity contribution in [3.63, 3.8) is 0 Å². The Kier molecular flexibility index (Phi) is 3.85. The summed E-state index contributed by atoms with van der Waals surface area (Å²) < 4.78 is 1.19. The fraction of sp³-hybridized carbons (Fsp3) is 0.647. The average Bonchev–Trinajstić information content (AvgIpc) is 3.22. The summed E-state index contributed by atoms with van der Waals surface area (Å²) in [5, 5.41) is 3.83. The maximum atomic E-state index is 3.83. The number of nitrogens with zero attached hydrogens (tertiary/aromatic N) is 1. The standard InChI is InChI=1S/C17H25BrN2/c1-4-15-10-19-17(3,13-5-6-13)11-20(15)16-8-12(2)7-14(18)9-16/h7-9,13,15,19H,4-6,10-11H2,1-3H3. The van der Waals surface area contributed by atoms with Gasteiger partial charge in [-0.05, 0) is 62.8 Å². The lowest BCUT2D eigenvalue weighted by Crippen LogP contribution is -2.64. The third-order valence-electron chi connectivity index (χ3n) is 4.99. The summed E-state index contributed by atoms with van der Waals surface area (Å²) in [7, 11) is 0. The van der Waals surface area contributed by atoms with Gasteiger partial charge in [0.25, 0.3) is 0 Å². The van der Waals surface area contributed by atoms with Crippen LogP contribution in [0.25, 0.3) is 0 Å². The zero-order chi connectivity index (χ0) is 14.3. The largest absolute Gasteiger partial charge is 0.365 e. The molecular weight excluding hydrogens is 312 g/mol. The summed E-state index contributed by atoms with van der Waals surface area (Å²) in [6.45, 7) is 9.12. The molecule has 20 heavy (non-hydrogen) atoms. The van der Waals surface area contributed by atoms with Crippen LogP contribution in [-0.4, -0.2) is 24.7 Å². The molecule has 0 spiro atoms. The van der Waals surface area contributed by atoms with E-state index in [9.17, 15) is 0 Å². The number of rotatable bonds is 3. The molecule has 1 heterocycles. The molecule has 1 saturated carbocycles. The molecule has 1 aromatic carbocycles. The van der Waals surface area contributed by atoms with Crippen molar-refractivity contribution in [3.8, 4) is 0 Å². The molecule has 1 aliphatic heterocycles. The van der Waals surface area contributed by atoms with Gasteiger partial charge >= 0.3 is 0 Å². The summed E-state index contributed by atoms with van der Waals surface area (Å²) in [5.74, 6) is 0.871. The normalized spacial score (nSPS) is 30.6. The highest BCUT2D eigenvalue weighted by atomic mass is 79.9. The second-order valence-corrected chi connectivity index (χ2v) is 7.67. The van der Waals surface area contributed by atoms with Crippen molar-refractivity contribution in [2.24, 2.45) is 5.92 Å². The lowest BCUT2D eigenvalue weighted by molar-refractivity contribution is 0.252. The lowest BCUT2D eigenvalue weighted by atomic mass is 9.90. The Bertz CT molecular complexity index is 478. The molecule has 2 nitrogen and oxygen atoms in total. The SMILES string of the molecule is CCC1CNC(C)(C2CC2)CN1c1cc(C)cc(Br)c1. The molecule has 3 rings (SSSR count). The van der Waals surface area contributed by atoms with Crippen molar-refractivity contribution in [1.29, 1.82) is 0 Å². The first-order valence-corrected chi connectivity index (χ1v) is 8.60. The topological polar surface area (TPSA) is 15.3 Å². The van der Waals surface area contributed by atoms with E-state index in [4.69, 9.17) is 0 Å². The molecule has 2 unspecified atom stereocenters. The van der Waals surface area contributed by atoms with Crippen molar-refractivity contribution in [2.45, 2.75) is 51.6 Å². The minimum Gasteiger partial charge on any atom is -0.365 e. The summed E-state index contributed by atoms with van der Waals surface area (Å²) in [6.07, 6.45) is 3.98. The van der Waals surface area contributed by atoms with Crippen molar-refractivity contribution in [3.05, 3.63) is 28.2 Å². The van der Waals surface area contributed by atoms with Crippen LogP contribution in [0.3, 0.4) is 0 Å². The Morgan fingerprint density at radius 1 is 1.35 bits per heavy atom. The third kappa shape index (κ3) is 2.75. The van der Waals surface area contributed by atoms with Gasteiger partial charge in [0.15, 0.2) is 0 Å². The third-order valence-corrected chi connectivity index (χ3v) is 5.45. The molecule has 1 aliphatic carbocycles. The van der Waals surface area contributed by atoms with Crippen LogP contribution < -0.4 is 10.2 Å². The number of halogens is 1. The fourth-order valence-electron chi connectivity index (χ4n) is 3.54. The number of hydrogen-bond acceptors (Lipinski definition) is 2. The Labute approximate surface area is 131 Å². The maximum Gasteiger partial charge on any atom is 0.0412 e. The van der Waals surface area contributed by atoms with Crippen molar-refractivity contribution >= 4 is 21.6 Å². The van der Waals surface area contributed by atoms with Crippen LogP contribution in [0.15, 0.2) is 22.7 Å². The van der Waals surface area contributed by atoms with Gasteiger partial charge in [0.05, 0.1) is 0 Å². The van der Waals surface area contributed by atoms with Crippen molar-refractivity contribution in [2.75, 3.05) is 18.0 Å². The highest BCUT2D eigenvalue weighted by Crippen LogP contribution is 2.42. The van der Waals surface area contributed by atoms with Crippen LogP contribution in [0, 0.1) is 12.8 Å². The van der Waals surface area contributed by atoms with E-state index in [0.717, 1.165) is 19.0 Å². The zero-order valence-corrected chi connectivity index (χ0v) is 14.3. The number of benzene rings is 1. The average molecular weight is 337 g/mol. The Hall–Kier alpha value is -0.540. The van der Waals surface area contributed by atoms with Gasteiger partial charge in [-0.2, -0.15) is 0 Å². The Morgan fingerprint density at radius 2 is 2.10 bits per heavy atom. The molecule has 0 bridgehead atoms. The number of nitrogens with one attached hydrogen (secondary N) is 1. The molecule has 2 aliphatic rings. The Balaban J connectivity index is 1.90. The van der Waals surface area contributed by atoms with E-state index in [1.807, 2.05) is 0 Å². The number of anilines is 1. The highest BCUT2D eigenvalue weighted by molar-refractivity contribution is 9.10. The second kappa shape index (κ2) is 5.34. The van der Waals surface area contributed by atoms with Gasteiger partial charge in [-0.3, -0.25) is 0 Å². The first-order chi connectivity index (χ1) is 9.51. The maximum absolute atomic E-state index is 3.83. The van der Waals surface area contributed by atoms with E-state index in [1.165, 1.54) is 35.0 Å². The first kappa shape index (κ1) is 14.4. The number of piperazine rings is 1. The van der Waals surface area contributed by atoms with E-state index >= 15 is 0 Å². The summed E-state index contributed by atoms with van der Waals surface area (Å²) in [4.78, 5) is 2.63. The van der Waals surface area contributed by atoms with Gasteiger partial charge in [0.1, 0.15) is 0 Å². The highest BCUT2D eigenvalue weighted by Gasteiger charge is 2.45. The fourth-order valence-corrected chi connectivity index (χ4v) is 4.14. The molecule has 2 atom stereocenters. The molecule has 110 valence electrons. The zero-order valence-electron chi connectivity index (χ0n) is 12.7. The molecule has 2 fully saturated rings. The van der Waals surface area contributed by atoms with Crippen LogP contribution in [0.1, 0.15) is 38.7 Å². The quantitative estimate of drug-likeness (QED) is 0.893. The van der Waals surface area contributed by atoms with Crippen LogP contribution in [-0.2, 0) is 0 Å². The van der Waals surface area contributed by atoms with Gasteiger partial charge in [-0.1, -0.05) is 22.9 Å². The Morgan fingerprint density at radius 3 is 2.70 bits per heavy atom.